The Morgan fingerprint density at radius 3 is 2.77 bits per heavy atom. The Morgan fingerprint density at radius 2 is 1.85 bits per heavy atom. The van der Waals surface area contributed by atoms with E-state index in [4.69, 9.17) is 4.37 Å². The molecule has 132 valence electrons. The van der Waals surface area contributed by atoms with Crippen molar-refractivity contribution in [3.8, 4) is 0 Å². The number of hydrogen-bond donors (Lipinski definition) is 0. The van der Waals surface area contributed by atoms with Gasteiger partial charge in [-0.2, -0.15) is 4.37 Å². The summed E-state index contributed by atoms with van der Waals surface area (Å²) < 4.78 is 7.26. The number of nitrogens with zero attached hydrogens (tertiary/aromatic N) is 4. The molecular weight excluding hydrogens is 360 g/mol. The topological polar surface area (TPSA) is 32.3 Å². The van der Waals surface area contributed by atoms with E-state index >= 15 is 0 Å². The van der Waals surface area contributed by atoms with Gasteiger partial charge in [0.1, 0.15) is 5.82 Å². The summed E-state index contributed by atoms with van der Waals surface area (Å²) in [6.07, 6.45) is 1.09. The fourth-order valence-corrected chi connectivity index (χ4v) is 5.08. The predicted molar refractivity (Wildman–Crippen MR) is 112 cm³/mol. The molecule has 26 heavy (non-hydrogen) atoms. The van der Waals surface area contributed by atoms with Gasteiger partial charge in [0.15, 0.2) is 0 Å². The van der Waals surface area contributed by atoms with Crippen LogP contribution in [0.2, 0.25) is 0 Å². The van der Waals surface area contributed by atoms with E-state index in [2.05, 4.69) is 57.2 Å². The number of fused-ring (bicyclic) bond motifs is 2. The molecule has 3 heterocycles. The third kappa shape index (κ3) is 3.09. The van der Waals surface area contributed by atoms with Gasteiger partial charge in [-0.25, -0.2) is 4.98 Å². The summed E-state index contributed by atoms with van der Waals surface area (Å²) in [5.41, 5.74) is 4.44. The Labute approximate surface area is 160 Å². The van der Waals surface area contributed by atoms with Gasteiger partial charge in [0, 0.05) is 38.1 Å². The van der Waals surface area contributed by atoms with E-state index in [0.717, 1.165) is 44.7 Å². The Hall–Kier alpha value is -2.02. The van der Waals surface area contributed by atoms with Crippen LogP contribution in [0.3, 0.4) is 0 Å². The first-order chi connectivity index (χ1) is 12.9. The molecular formula is C20H20N4S2. The number of piperazine rings is 1. The average Bonchev–Trinajstić information content (AvgIpc) is 3.33. The Morgan fingerprint density at radius 1 is 0.962 bits per heavy atom. The van der Waals surface area contributed by atoms with Gasteiger partial charge < -0.3 is 4.90 Å². The summed E-state index contributed by atoms with van der Waals surface area (Å²) in [5, 5.41) is 1.29. The van der Waals surface area contributed by atoms with E-state index in [0.29, 0.717) is 0 Å². The molecule has 0 amide bonds. The summed E-state index contributed by atoms with van der Waals surface area (Å²) >= 11 is 3.32. The molecule has 0 N–H and O–H groups in total. The zero-order valence-electron chi connectivity index (χ0n) is 14.5. The molecule has 1 aliphatic heterocycles. The fourth-order valence-electron chi connectivity index (χ4n) is 3.63. The molecule has 1 saturated heterocycles. The number of aromatic nitrogens is 2. The maximum absolute atomic E-state index is 4.70. The Bertz CT molecular complexity index is 1030. The van der Waals surface area contributed by atoms with Crippen LogP contribution in [0.15, 0.2) is 48.0 Å². The number of rotatable bonds is 4. The van der Waals surface area contributed by atoms with Crippen LogP contribution in [0.4, 0.5) is 5.82 Å². The molecule has 6 heteroatoms. The SMILES string of the molecule is c1ccc2c(N3CCN(CCc4ccc5scnc5c4)CC3)nsc2c1. The molecule has 0 radical (unpaired) electrons. The van der Waals surface area contributed by atoms with Crippen molar-refractivity contribution in [3.05, 3.63) is 53.5 Å². The molecule has 4 nitrogen and oxygen atoms in total. The summed E-state index contributed by atoms with van der Waals surface area (Å²) in [7, 11) is 0. The molecule has 2 aromatic heterocycles. The minimum atomic E-state index is 1.05. The summed E-state index contributed by atoms with van der Waals surface area (Å²) in [5.74, 6) is 1.17. The van der Waals surface area contributed by atoms with Gasteiger partial charge >= 0.3 is 0 Å². The highest BCUT2D eigenvalue weighted by Crippen LogP contribution is 2.29. The standard InChI is InChI=1S/C20H20N4S2/c1-2-4-18-16(3-1)20(22-26-18)24-11-9-23(10-12-24)8-7-15-5-6-19-17(13-15)21-14-25-19/h1-6,13-14H,7-12H2. The summed E-state index contributed by atoms with van der Waals surface area (Å²) in [6, 6.07) is 15.2. The maximum atomic E-state index is 4.70. The molecule has 0 aliphatic carbocycles. The molecule has 0 spiro atoms. The highest BCUT2D eigenvalue weighted by molar-refractivity contribution is 7.16. The second-order valence-corrected chi connectivity index (χ2v) is 8.43. The minimum Gasteiger partial charge on any atom is -0.353 e. The van der Waals surface area contributed by atoms with Crippen molar-refractivity contribution in [2.24, 2.45) is 0 Å². The van der Waals surface area contributed by atoms with Crippen molar-refractivity contribution in [2.75, 3.05) is 37.6 Å². The average molecular weight is 381 g/mol. The zero-order valence-corrected chi connectivity index (χ0v) is 16.1. The molecule has 5 rings (SSSR count). The van der Waals surface area contributed by atoms with Gasteiger partial charge in [0.05, 0.1) is 20.4 Å². The first-order valence-corrected chi connectivity index (χ1v) is 10.7. The van der Waals surface area contributed by atoms with E-state index in [1.165, 1.54) is 26.2 Å². The van der Waals surface area contributed by atoms with Crippen molar-refractivity contribution in [3.63, 3.8) is 0 Å². The van der Waals surface area contributed by atoms with Gasteiger partial charge in [-0.05, 0) is 47.8 Å². The van der Waals surface area contributed by atoms with E-state index in [-0.39, 0.29) is 0 Å². The van der Waals surface area contributed by atoms with Gasteiger partial charge in [-0.3, -0.25) is 4.90 Å². The quantitative estimate of drug-likeness (QED) is 0.529. The molecule has 4 aromatic rings. The Balaban J connectivity index is 1.20. The number of thiazole rings is 1. The summed E-state index contributed by atoms with van der Waals surface area (Å²) in [4.78, 5) is 9.44. The lowest BCUT2D eigenvalue weighted by molar-refractivity contribution is 0.261. The third-order valence-corrected chi connectivity index (χ3v) is 6.77. The normalized spacial score (nSPS) is 15.9. The largest absolute Gasteiger partial charge is 0.353 e. The van der Waals surface area contributed by atoms with Crippen molar-refractivity contribution >= 4 is 49.0 Å². The molecule has 0 saturated carbocycles. The Kier molecular flexibility index (Phi) is 4.32. The lowest BCUT2D eigenvalue weighted by Crippen LogP contribution is -2.47. The smallest absolute Gasteiger partial charge is 0.150 e. The van der Waals surface area contributed by atoms with Crippen LogP contribution >= 0.6 is 22.9 Å². The van der Waals surface area contributed by atoms with Crippen LogP contribution in [-0.2, 0) is 6.42 Å². The first kappa shape index (κ1) is 16.2. The number of hydrogen-bond acceptors (Lipinski definition) is 6. The molecule has 0 bridgehead atoms. The predicted octanol–water partition coefficient (Wildman–Crippen LogP) is 4.27. The van der Waals surface area contributed by atoms with Crippen LogP contribution in [0.1, 0.15) is 5.56 Å². The van der Waals surface area contributed by atoms with Crippen LogP contribution < -0.4 is 4.90 Å². The lowest BCUT2D eigenvalue weighted by Gasteiger charge is -2.35. The van der Waals surface area contributed by atoms with Crippen LogP contribution in [0.25, 0.3) is 20.3 Å². The van der Waals surface area contributed by atoms with E-state index in [9.17, 15) is 0 Å². The fraction of sp³-hybridized carbons (Fsp3) is 0.300. The second-order valence-electron chi connectivity index (χ2n) is 6.74. The van der Waals surface area contributed by atoms with Crippen molar-refractivity contribution < 1.29 is 0 Å². The first-order valence-electron chi connectivity index (χ1n) is 9.01. The molecule has 2 aromatic carbocycles. The van der Waals surface area contributed by atoms with E-state index in [1.54, 1.807) is 22.9 Å². The molecule has 1 aliphatic rings. The maximum Gasteiger partial charge on any atom is 0.150 e. The van der Waals surface area contributed by atoms with Gasteiger partial charge in [0.2, 0.25) is 0 Å². The third-order valence-electron chi connectivity index (χ3n) is 5.14. The van der Waals surface area contributed by atoms with Gasteiger partial charge in [-0.15, -0.1) is 11.3 Å². The highest BCUT2D eigenvalue weighted by atomic mass is 32.1. The zero-order chi connectivity index (χ0) is 17.3. The van der Waals surface area contributed by atoms with Gasteiger partial charge in [0.25, 0.3) is 0 Å². The second kappa shape index (κ2) is 6.95. The van der Waals surface area contributed by atoms with E-state index in [1.807, 2.05) is 5.51 Å². The van der Waals surface area contributed by atoms with Crippen LogP contribution in [0.5, 0.6) is 0 Å². The monoisotopic (exact) mass is 380 g/mol. The lowest BCUT2D eigenvalue weighted by atomic mass is 10.1. The molecule has 1 fully saturated rings. The summed E-state index contributed by atoms with van der Waals surface area (Å²) in [6.45, 7) is 5.43. The van der Waals surface area contributed by atoms with Crippen molar-refractivity contribution in [1.29, 1.82) is 0 Å². The molecule has 0 atom stereocenters. The van der Waals surface area contributed by atoms with Crippen LogP contribution in [0, 0.1) is 0 Å². The van der Waals surface area contributed by atoms with E-state index < -0.39 is 0 Å². The van der Waals surface area contributed by atoms with Gasteiger partial charge in [-0.1, -0.05) is 18.2 Å². The minimum absolute atomic E-state index is 1.05. The number of benzene rings is 2. The highest BCUT2D eigenvalue weighted by Gasteiger charge is 2.20. The number of anilines is 1. The van der Waals surface area contributed by atoms with Crippen LogP contribution in [-0.4, -0.2) is 47.0 Å². The van der Waals surface area contributed by atoms with Crippen molar-refractivity contribution in [2.45, 2.75) is 6.42 Å². The molecule has 0 unspecified atom stereocenters. The van der Waals surface area contributed by atoms with Crippen molar-refractivity contribution in [1.82, 2.24) is 14.3 Å².